The summed E-state index contributed by atoms with van der Waals surface area (Å²) >= 11 is 0. The van der Waals surface area contributed by atoms with Gasteiger partial charge in [-0.2, -0.15) is 0 Å². The van der Waals surface area contributed by atoms with E-state index in [9.17, 15) is 4.79 Å². The van der Waals surface area contributed by atoms with Gasteiger partial charge >= 0.3 is 0 Å². The molecule has 3 rings (SSSR count). The lowest BCUT2D eigenvalue weighted by molar-refractivity contribution is 0.0945. The zero-order valence-electron chi connectivity index (χ0n) is 11.7. The van der Waals surface area contributed by atoms with E-state index >= 15 is 0 Å². The van der Waals surface area contributed by atoms with Crippen molar-refractivity contribution >= 4 is 16.7 Å². The van der Waals surface area contributed by atoms with E-state index < -0.39 is 0 Å². The second-order valence-corrected chi connectivity index (χ2v) is 4.91. The van der Waals surface area contributed by atoms with Crippen LogP contribution in [0.15, 0.2) is 54.9 Å². The minimum absolute atomic E-state index is 0.212. The van der Waals surface area contributed by atoms with Gasteiger partial charge < -0.3 is 5.32 Å². The van der Waals surface area contributed by atoms with E-state index in [1.54, 1.807) is 6.20 Å². The first kappa shape index (κ1) is 13.2. The summed E-state index contributed by atoms with van der Waals surface area (Å²) in [5.74, 6) is -0.212. The van der Waals surface area contributed by atoms with Crippen molar-refractivity contribution in [1.29, 1.82) is 0 Å². The molecule has 1 aromatic heterocycles. The van der Waals surface area contributed by atoms with Gasteiger partial charge in [-0.15, -0.1) is 0 Å². The van der Waals surface area contributed by atoms with E-state index in [0.29, 0.717) is 12.2 Å². The fourth-order valence-corrected chi connectivity index (χ4v) is 2.13. The third-order valence-corrected chi connectivity index (χ3v) is 3.28. The fourth-order valence-electron chi connectivity index (χ4n) is 2.13. The predicted molar refractivity (Wildman–Crippen MR) is 81.9 cm³/mol. The number of benzene rings is 2. The number of carbonyl (C=O) groups is 1. The summed E-state index contributed by atoms with van der Waals surface area (Å²) < 4.78 is 0. The van der Waals surface area contributed by atoms with Crippen LogP contribution in [-0.2, 0) is 6.54 Å². The van der Waals surface area contributed by atoms with E-state index in [1.165, 1.54) is 17.0 Å². The van der Waals surface area contributed by atoms with Gasteiger partial charge in [0.25, 0.3) is 5.91 Å². The molecule has 0 aliphatic carbocycles. The van der Waals surface area contributed by atoms with Gasteiger partial charge in [-0.1, -0.05) is 36.4 Å². The van der Waals surface area contributed by atoms with Gasteiger partial charge in [0, 0.05) is 12.7 Å². The zero-order chi connectivity index (χ0) is 14.7. The number of rotatable bonds is 3. The molecule has 0 unspecified atom stereocenters. The first-order chi connectivity index (χ1) is 10.2. The zero-order valence-corrected chi connectivity index (χ0v) is 11.7. The summed E-state index contributed by atoms with van der Waals surface area (Å²) in [5.41, 5.74) is 2.18. The highest BCUT2D eigenvalue weighted by Crippen LogP contribution is 2.15. The van der Waals surface area contributed by atoms with E-state index in [1.807, 2.05) is 25.1 Å². The van der Waals surface area contributed by atoms with Crippen LogP contribution < -0.4 is 5.32 Å². The summed E-state index contributed by atoms with van der Waals surface area (Å²) in [7, 11) is 0. The molecule has 0 radical (unpaired) electrons. The molecule has 1 amide bonds. The number of nitrogens with one attached hydrogen (secondary N) is 1. The number of amides is 1. The SMILES string of the molecule is Cc1cnc(C(=O)NCc2ccc3ccccc3c2)cn1. The molecular formula is C17H15N3O. The Kier molecular flexibility index (Phi) is 3.60. The lowest BCUT2D eigenvalue weighted by Gasteiger charge is -2.06. The van der Waals surface area contributed by atoms with Crippen molar-refractivity contribution in [3.05, 3.63) is 71.8 Å². The Morgan fingerprint density at radius 1 is 1.05 bits per heavy atom. The summed E-state index contributed by atoms with van der Waals surface area (Å²) in [5, 5.41) is 5.22. The van der Waals surface area contributed by atoms with Crippen molar-refractivity contribution < 1.29 is 4.79 Å². The third kappa shape index (κ3) is 3.05. The molecule has 1 N–H and O–H groups in total. The van der Waals surface area contributed by atoms with E-state index in [4.69, 9.17) is 0 Å². The molecule has 0 saturated carbocycles. The highest BCUT2D eigenvalue weighted by Gasteiger charge is 2.07. The molecule has 104 valence electrons. The van der Waals surface area contributed by atoms with Gasteiger partial charge in [0.15, 0.2) is 0 Å². The number of hydrogen-bond acceptors (Lipinski definition) is 3. The van der Waals surface area contributed by atoms with Crippen molar-refractivity contribution in [3.63, 3.8) is 0 Å². The maximum Gasteiger partial charge on any atom is 0.271 e. The number of nitrogens with zero attached hydrogens (tertiary/aromatic N) is 2. The van der Waals surface area contributed by atoms with E-state index in [2.05, 4.69) is 39.6 Å². The van der Waals surface area contributed by atoms with Crippen LogP contribution in [0.25, 0.3) is 10.8 Å². The van der Waals surface area contributed by atoms with Crippen molar-refractivity contribution in [1.82, 2.24) is 15.3 Å². The molecule has 1 heterocycles. The Bertz CT molecular complexity index is 781. The largest absolute Gasteiger partial charge is 0.347 e. The van der Waals surface area contributed by atoms with Gasteiger partial charge in [-0.25, -0.2) is 4.98 Å². The van der Waals surface area contributed by atoms with Crippen LogP contribution in [0.2, 0.25) is 0 Å². The molecule has 3 aromatic rings. The summed E-state index contributed by atoms with van der Waals surface area (Å²) in [6.45, 7) is 2.31. The van der Waals surface area contributed by atoms with Crippen LogP contribution in [0, 0.1) is 6.92 Å². The smallest absolute Gasteiger partial charge is 0.271 e. The number of carbonyl (C=O) groups excluding carboxylic acids is 1. The monoisotopic (exact) mass is 277 g/mol. The molecule has 0 spiro atoms. The molecule has 0 fully saturated rings. The quantitative estimate of drug-likeness (QED) is 0.801. The molecule has 0 saturated heterocycles. The average molecular weight is 277 g/mol. The van der Waals surface area contributed by atoms with Gasteiger partial charge in [0.05, 0.1) is 11.9 Å². The Hall–Kier alpha value is -2.75. The lowest BCUT2D eigenvalue weighted by atomic mass is 10.1. The average Bonchev–Trinajstić information content (AvgIpc) is 2.53. The highest BCUT2D eigenvalue weighted by molar-refractivity contribution is 5.92. The van der Waals surface area contributed by atoms with Crippen LogP contribution in [-0.4, -0.2) is 15.9 Å². The van der Waals surface area contributed by atoms with Crippen molar-refractivity contribution in [2.24, 2.45) is 0 Å². The number of aryl methyl sites for hydroxylation is 1. The van der Waals surface area contributed by atoms with Crippen LogP contribution in [0.1, 0.15) is 21.7 Å². The standard InChI is InChI=1S/C17H15N3O/c1-12-9-19-16(11-18-12)17(21)20-10-13-6-7-14-4-2-3-5-15(14)8-13/h2-9,11H,10H2,1H3,(H,20,21). The number of hydrogen-bond donors (Lipinski definition) is 1. The van der Waals surface area contributed by atoms with Crippen molar-refractivity contribution in [2.75, 3.05) is 0 Å². The summed E-state index contributed by atoms with van der Waals surface area (Å²) in [4.78, 5) is 20.1. The van der Waals surface area contributed by atoms with Gasteiger partial charge in [-0.05, 0) is 29.3 Å². The molecule has 0 atom stereocenters. The molecule has 2 aromatic carbocycles. The molecule has 4 heteroatoms. The molecule has 21 heavy (non-hydrogen) atoms. The second-order valence-electron chi connectivity index (χ2n) is 4.91. The van der Waals surface area contributed by atoms with E-state index in [-0.39, 0.29) is 5.91 Å². The molecule has 0 aliphatic rings. The molecular weight excluding hydrogens is 262 g/mol. The minimum Gasteiger partial charge on any atom is -0.347 e. The maximum absolute atomic E-state index is 12.0. The Balaban J connectivity index is 1.71. The Morgan fingerprint density at radius 3 is 2.62 bits per heavy atom. The minimum atomic E-state index is -0.212. The van der Waals surface area contributed by atoms with E-state index in [0.717, 1.165) is 11.3 Å². The number of fused-ring (bicyclic) bond motifs is 1. The third-order valence-electron chi connectivity index (χ3n) is 3.28. The molecule has 4 nitrogen and oxygen atoms in total. The van der Waals surface area contributed by atoms with Crippen LogP contribution in [0.5, 0.6) is 0 Å². The first-order valence-electron chi connectivity index (χ1n) is 6.77. The van der Waals surface area contributed by atoms with Crippen molar-refractivity contribution in [3.8, 4) is 0 Å². The molecule has 0 bridgehead atoms. The Labute approximate surface area is 122 Å². The van der Waals surface area contributed by atoms with Gasteiger partial charge in [0.1, 0.15) is 5.69 Å². The van der Waals surface area contributed by atoms with Gasteiger partial charge in [0.2, 0.25) is 0 Å². The molecule has 0 aliphatic heterocycles. The lowest BCUT2D eigenvalue weighted by Crippen LogP contribution is -2.24. The fraction of sp³-hybridized carbons (Fsp3) is 0.118. The predicted octanol–water partition coefficient (Wildman–Crippen LogP) is 2.87. The maximum atomic E-state index is 12.0. The Morgan fingerprint density at radius 2 is 1.86 bits per heavy atom. The normalized spacial score (nSPS) is 10.5. The van der Waals surface area contributed by atoms with Crippen LogP contribution in [0.3, 0.4) is 0 Å². The number of aromatic nitrogens is 2. The second kappa shape index (κ2) is 5.71. The van der Waals surface area contributed by atoms with Crippen LogP contribution >= 0.6 is 0 Å². The summed E-state index contributed by atoms with van der Waals surface area (Å²) in [6.07, 6.45) is 3.08. The first-order valence-corrected chi connectivity index (χ1v) is 6.77. The van der Waals surface area contributed by atoms with Gasteiger partial charge in [-0.3, -0.25) is 9.78 Å². The topological polar surface area (TPSA) is 54.9 Å². The van der Waals surface area contributed by atoms with Crippen LogP contribution in [0.4, 0.5) is 0 Å². The van der Waals surface area contributed by atoms with Crippen molar-refractivity contribution in [2.45, 2.75) is 13.5 Å². The highest BCUT2D eigenvalue weighted by atomic mass is 16.1. The summed E-state index contributed by atoms with van der Waals surface area (Å²) in [6, 6.07) is 14.3.